The first-order valence-corrected chi connectivity index (χ1v) is 11.0. The summed E-state index contributed by atoms with van der Waals surface area (Å²) in [5.41, 5.74) is 0.757. The summed E-state index contributed by atoms with van der Waals surface area (Å²) in [6.45, 7) is 2.74. The number of imidazole rings is 1. The maximum atomic E-state index is 14.6. The second-order valence-electron chi connectivity index (χ2n) is 7.25. The van der Waals surface area contributed by atoms with Crippen LogP contribution in [0.15, 0.2) is 47.8 Å². The van der Waals surface area contributed by atoms with Crippen molar-refractivity contribution in [1.82, 2.24) is 18.4 Å². The minimum absolute atomic E-state index is 0.0779. The van der Waals surface area contributed by atoms with Gasteiger partial charge in [0.15, 0.2) is 0 Å². The Hall–Kier alpha value is -2.98. The number of halogens is 1. The fourth-order valence-electron chi connectivity index (χ4n) is 3.59. The van der Waals surface area contributed by atoms with Crippen LogP contribution in [0.5, 0.6) is 0 Å². The first kappa shape index (κ1) is 20.3. The number of hydrogen-bond donors (Lipinski definition) is 1. The third-order valence-electron chi connectivity index (χ3n) is 5.21. The van der Waals surface area contributed by atoms with E-state index in [0.29, 0.717) is 24.6 Å². The summed E-state index contributed by atoms with van der Waals surface area (Å²) in [6.07, 6.45) is 6.32. The van der Waals surface area contributed by atoms with Gasteiger partial charge in [0.25, 0.3) is 5.91 Å². The molecule has 1 saturated heterocycles. The Morgan fingerprint density at radius 3 is 2.57 bits per heavy atom. The molecule has 1 fully saturated rings. The third-order valence-corrected chi connectivity index (χ3v) is 7.07. The molecule has 1 aliphatic heterocycles. The summed E-state index contributed by atoms with van der Waals surface area (Å²) < 4.78 is 44.5. The highest BCUT2D eigenvalue weighted by molar-refractivity contribution is 7.89. The van der Waals surface area contributed by atoms with Crippen molar-refractivity contribution in [3.63, 3.8) is 0 Å². The number of hydrogen-bond acceptors (Lipinski definition) is 4. The Bertz CT molecular complexity index is 1210. The third kappa shape index (κ3) is 3.63. The van der Waals surface area contributed by atoms with Gasteiger partial charge in [0, 0.05) is 44.4 Å². The van der Waals surface area contributed by atoms with E-state index in [0.717, 1.165) is 12.8 Å². The van der Waals surface area contributed by atoms with E-state index in [-0.39, 0.29) is 16.3 Å². The maximum Gasteiger partial charge on any atom is 0.272 e. The van der Waals surface area contributed by atoms with E-state index in [2.05, 4.69) is 10.3 Å². The number of aromatic nitrogens is 3. The summed E-state index contributed by atoms with van der Waals surface area (Å²) >= 11 is 0. The molecular formula is C20H22FN5O3S. The van der Waals surface area contributed by atoms with Gasteiger partial charge in [-0.1, -0.05) is 0 Å². The van der Waals surface area contributed by atoms with Crippen molar-refractivity contribution in [3.05, 3.63) is 60.2 Å². The van der Waals surface area contributed by atoms with Crippen LogP contribution in [-0.4, -0.2) is 45.8 Å². The summed E-state index contributed by atoms with van der Waals surface area (Å²) in [6, 6.07) is 5.70. The SMILES string of the molecule is Cc1nccn1-c1ccc(NC(=O)c2cc(S(=O)(=O)N3CCCC3)cn2C)cc1F. The average Bonchev–Trinajstić information content (AvgIpc) is 3.43. The van der Waals surface area contributed by atoms with Gasteiger partial charge in [0.1, 0.15) is 22.2 Å². The lowest BCUT2D eigenvalue weighted by Gasteiger charge is -2.13. The van der Waals surface area contributed by atoms with Crippen LogP contribution in [0.3, 0.4) is 0 Å². The van der Waals surface area contributed by atoms with Crippen molar-refractivity contribution in [2.45, 2.75) is 24.7 Å². The smallest absolute Gasteiger partial charge is 0.272 e. The molecule has 1 aliphatic rings. The highest BCUT2D eigenvalue weighted by Gasteiger charge is 2.29. The van der Waals surface area contributed by atoms with Crippen molar-refractivity contribution >= 4 is 21.6 Å². The Labute approximate surface area is 174 Å². The van der Waals surface area contributed by atoms with Crippen molar-refractivity contribution in [2.24, 2.45) is 7.05 Å². The van der Waals surface area contributed by atoms with Crippen molar-refractivity contribution < 1.29 is 17.6 Å². The van der Waals surface area contributed by atoms with Gasteiger partial charge in [-0.05, 0) is 44.0 Å². The fourth-order valence-corrected chi connectivity index (χ4v) is 5.18. The number of anilines is 1. The molecule has 1 N–H and O–H groups in total. The zero-order chi connectivity index (χ0) is 21.5. The van der Waals surface area contributed by atoms with Crippen LogP contribution in [-0.2, 0) is 17.1 Å². The number of sulfonamides is 1. The van der Waals surface area contributed by atoms with E-state index in [9.17, 15) is 17.6 Å². The second kappa shape index (κ2) is 7.69. The number of nitrogens with one attached hydrogen (secondary N) is 1. The molecule has 8 nitrogen and oxygen atoms in total. The molecular weight excluding hydrogens is 409 g/mol. The van der Waals surface area contributed by atoms with Gasteiger partial charge in [0.05, 0.1) is 5.69 Å². The number of nitrogens with zero attached hydrogens (tertiary/aromatic N) is 4. The Balaban J connectivity index is 1.55. The molecule has 2 aromatic heterocycles. The fraction of sp³-hybridized carbons (Fsp3) is 0.300. The van der Waals surface area contributed by atoms with Gasteiger partial charge in [-0.2, -0.15) is 4.31 Å². The molecule has 0 unspecified atom stereocenters. The van der Waals surface area contributed by atoms with Crippen molar-refractivity contribution in [1.29, 1.82) is 0 Å². The Morgan fingerprint density at radius 2 is 1.93 bits per heavy atom. The standard InChI is InChI=1S/C20H22FN5O3S/c1-14-22-7-10-26(14)18-6-5-15(11-17(18)21)23-20(27)19-12-16(13-24(19)2)30(28,29)25-8-3-4-9-25/h5-7,10-13H,3-4,8-9H2,1-2H3,(H,23,27). The van der Waals surface area contributed by atoms with E-state index < -0.39 is 21.7 Å². The van der Waals surface area contributed by atoms with Crippen molar-refractivity contribution in [3.8, 4) is 5.69 Å². The first-order valence-electron chi connectivity index (χ1n) is 9.55. The van der Waals surface area contributed by atoms with E-state index in [1.165, 1.54) is 27.2 Å². The lowest BCUT2D eigenvalue weighted by Crippen LogP contribution is -2.27. The molecule has 0 saturated carbocycles. The second-order valence-corrected chi connectivity index (χ2v) is 9.19. The van der Waals surface area contributed by atoms with Gasteiger partial charge in [0.2, 0.25) is 10.0 Å². The van der Waals surface area contributed by atoms with Crippen LogP contribution in [0.2, 0.25) is 0 Å². The molecule has 1 amide bonds. The number of aryl methyl sites for hydroxylation is 2. The molecule has 30 heavy (non-hydrogen) atoms. The highest BCUT2D eigenvalue weighted by atomic mass is 32.2. The molecule has 0 bridgehead atoms. The van der Waals surface area contributed by atoms with Gasteiger partial charge >= 0.3 is 0 Å². The first-order chi connectivity index (χ1) is 14.3. The van der Waals surface area contributed by atoms with Crippen LogP contribution in [0.25, 0.3) is 5.69 Å². The predicted molar refractivity (Wildman–Crippen MR) is 110 cm³/mol. The maximum absolute atomic E-state index is 14.6. The van der Waals surface area contributed by atoms with Gasteiger partial charge in [-0.15, -0.1) is 0 Å². The average molecular weight is 431 g/mol. The molecule has 1 aromatic carbocycles. The van der Waals surface area contributed by atoms with Crippen LogP contribution in [0, 0.1) is 12.7 Å². The molecule has 0 spiro atoms. The van der Waals surface area contributed by atoms with Crippen LogP contribution < -0.4 is 5.32 Å². The summed E-state index contributed by atoms with van der Waals surface area (Å²) in [7, 11) is -2.02. The summed E-state index contributed by atoms with van der Waals surface area (Å²) in [4.78, 5) is 16.9. The predicted octanol–water partition coefficient (Wildman–Crippen LogP) is 2.70. The number of carbonyl (C=O) groups excluding carboxylic acids is 1. The summed E-state index contributed by atoms with van der Waals surface area (Å²) in [5, 5.41) is 2.63. The number of benzene rings is 1. The molecule has 0 radical (unpaired) electrons. The van der Waals surface area contributed by atoms with Gasteiger partial charge in [-0.25, -0.2) is 17.8 Å². The quantitative estimate of drug-likeness (QED) is 0.673. The highest BCUT2D eigenvalue weighted by Crippen LogP contribution is 2.24. The lowest BCUT2D eigenvalue weighted by atomic mass is 10.2. The largest absolute Gasteiger partial charge is 0.345 e. The van der Waals surface area contributed by atoms with E-state index >= 15 is 0 Å². The number of carbonyl (C=O) groups is 1. The molecule has 3 aromatic rings. The monoisotopic (exact) mass is 431 g/mol. The minimum Gasteiger partial charge on any atom is -0.345 e. The molecule has 10 heteroatoms. The van der Waals surface area contributed by atoms with Crippen LogP contribution >= 0.6 is 0 Å². The van der Waals surface area contributed by atoms with E-state index in [1.807, 2.05) is 0 Å². The Kier molecular flexibility index (Phi) is 5.20. The number of amides is 1. The minimum atomic E-state index is -3.62. The summed E-state index contributed by atoms with van der Waals surface area (Å²) in [5.74, 6) is -0.398. The van der Waals surface area contributed by atoms with Crippen molar-refractivity contribution in [2.75, 3.05) is 18.4 Å². The topological polar surface area (TPSA) is 89.2 Å². The Morgan fingerprint density at radius 1 is 1.20 bits per heavy atom. The molecule has 0 atom stereocenters. The molecule has 4 rings (SSSR count). The van der Waals surface area contributed by atoms with Gasteiger partial charge in [-0.3, -0.25) is 4.79 Å². The zero-order valence-corrected chi connectivity index (χ0v) is 17.5. The van der Waals surface area contributed by atoms with Gasteiger partial charge < -0.3 is 14.5 Å². The normalized spacial score (nSPS) is 14.9. The molecule has 0 aliphatic carbocycles. The molecule has 3 heterocycles. The zero-order valence-electron chi connectivity index (χ0n) is 16.7. The van der Waals surface area contributed by atoms with E-state index in [4.69, 9.17) is 0 Å². The van der Waals surface area contributed by atoms with E-state index in [1.54, 1.807) is 43.1 Å². The van der Waals surface area contributed by atoms with Crippen LogP contribution in [0.4, 0.5) is 10.1 Å². The molecule has 158 valence electrons. The lowest BCUT2D eigenvalue weighted by molar-refractivity contribution is 0.101. The van der Waals surface area contributed by atoms with Crippen LogP contribution in [0.1, 0.15) is 29.2 Å². The number of rotatable bonds is 5.